The highest BCUT2D eigenvalue weighted by Gasteiger charge is 2.09. The van der Waals surface area contributed by atoms with Crippen molar-refractivity contribution in [3.05, 3.63) is 57.0 Å². The van der Waals surface area contributed by atoms with Gasteiger partial charge in [-0.3, -0.25) is 0 Å². The molecule has 0 aliphatic carbocycles. The molecule has 0 aliphatic heterocycles. The first-order valence-electron chi connectivity index (χ1n) is 6.65. The van der Waals surface area contributed by atoms with Crippen molar-refractivity contribution in [1.82, 2.24) is 0 Å². The van der Waals surface area contributed by atoms with E-state index >= 15 is 0 Å². The van der Waals surface area contributed by atoms with E-state index < -0.39 is 0 Å². The summed E-state index contributed by atoms with van der Waals surface area (Å²) in [5.74, 6) is 0.516. The molecular weight excluding hydrogens is 422 g/mol. The number of ether oxygens (including phenoxy) is 2. The van der Waals surface area contributed by atoms with Crippen molar-refractivity contribution in [3.63, 3.8) is 0 Å². The average molecular weight is 436 g/mol. The van der Waals surface area contributed by atoms with Crippen LogP contribution in [0.25, 0.3) is 0 Å². The normalized spacial score (nSPS) is 12.0. The molecule has 2 aromatic rings. The lowest BCUT2D eigenvalue weighted by Gasteiger charge is -2.16. The Bertz CT molecular complexity index is 650. The van der Waals surface area contributed by atoms with Crippen molar-refractivity contribution in [2.75, 3.05) is 6.61 Å². The van der Waals surface area contributed by atoms with Gasteiger partial charge in [0.25, 0.3) is 0 Å². The smallest absolute Gasteiger partial charge is 0.134 e. The van der Waals surface area contributed by atoms with E-state index in [4.69, 9.17) is 9.47 Å². The average Bonchev–Trinajstić information content (AvgIpc) is 2.44. The van der Waals surface area contributed by atoms with Crippen molar-refractivity contribution in [2.24, 2.45) is 0 Å². The summed E-state index contributed by atoms with van der Waals surface area (Å²) < 4.78 is 38.4. The van der Waals surface area contributed by atoms with Crippen LogP contribution in [0.15, 0.2) is 45.3 Å². The van der Waals surface area contributed by atoms with Crippen molar-refractivity contribution in [2.45, 2.75) is 19.4 Å². The lowest BCUT2D eigenvalue weighted by Crippen LogP contribution is -2.16. The van der Waals surface area contributed by atoms with Gasteiger partial charge in [0.05, 0.1) is 21.7 Å². The van der Waals surface area contributed by atoms with Crippen LogP contribution in [0.4, 0.5) is 8.78 Å². The molecular formula is C16H14Br2F2O2. The molecule has 0 fully saturated rings. The summed E-state index contributed by atoms with van der Waals surface area (Å²) in [5.41, 5.74) is 0. The van der Waals surface area contributed by atoms with E-state index in [0.717, 1.165) is 0 Å². The van der Waals surface area contributed by atoms with E-state index in [9.17, 15) is 8.78 Å². The summed E-state index contributed by atoms with van der Waals surface area (Å²) in [6.45, 7) is 2.32. The molecule has 118 valence electrons. The fraction of sp³-hybridized carbons (Fsp3) is 0.250. The van der Waals surface area contributed by atoms with Crippen LogP contribution in [0.2, 0.25) is 0 Å². The molecule has 0 N–H and O–H groups in total. The molecule has 1 atom stereocenters. The molecule has 0 aliphatic rings. The van der Waals surface area contributed by atoms with Gasteiger partial charge in [-0.15, -0.1) is 0 Å². The summed E-state index contributed by atoms with van der Waals surface area (Å²) >= 11 is 6.51. The van der Waals surface area contributed by atoms with Gasteiger partial charge in [0.2, 0.25) is 0 Å². The lowest BCUT2D eigenvalue weighted by molar-refractivity contribution is 0.175. The van der Waals surface area contributed by atoms with E-state index in [1.165, 1.54) is 24.3 Å². The largest absolute Gasteiger partial charge is 0.492 e. The molecule has 2 rings (SSSR count). The minimum absolute atomic E-state index is 0.110. The SMILES string of the molecule is CC(CCOc1ccc(F)cc1Br)Oc1ccc(F)cc1Br. The van der Waals surface area contributed by atoms with Crippen LogP contribution in [-0.4, -0.2) is 12.7 Å². The number of rotatable bonds is 6. The molecule has 0 saturated heterocycles. The van der Waals surface area contributed by atoms with Crippen molar-refractivity contribution < 1.29 is 18.3 Å². The molecule has 0 amide bonds. The number of hydrogen-bond donors (Lipinski definition) is 0. The molecule has 6 heteroatoms. The third kappa shape index (κ3) is 4.95. The van der Waals surface area contributed by atoms with Gasteiger partial charge in [0.1, 0.15) is 23.1 Å². The predicted octanol–water partition coefficient (Wildman–Crippen LogP) is 5.73. The predicted molar refractivity (Wildman–Crippen MR) is 88.4 cm³/mol. The topological polar surface area (TPSA) is 18.5 Å². The minimum atomic E-state index is -0.323. The lowest BCUT2D eigenvalue weighted by atomic mass is 10.3. The molecule has 0 saturated carbocycles. The zero-order chi connectivity index (χ0) is 16.1. The molecule has 22 heavy (non-hydrogen) atoms. The minimum Gasteiger partial charge on any atom is -0.492 e. The van der Waals surface area contributed by atoms with E-state index in [1.807, 2.05) is 6.92 Å². The maximum absolute atomic E-state index is 13.0. The van der Waals surface area contributed by atoms with E-state index in [2.05, 4.69) is 31.9 Å². The Morgan fingerprint density at radius 2 is 1.50 bits per heavy atom. The van der Waals surface area contributed by atoms with Gasteiger partial charge in [-0.25, -0.2) is 8.78 Å². The second kappa shape index (κ2) is 7.92. The summed E-state index contributed by atoms with van der Waals surface area (Å²) in [4.78, 5) is 0. The van der Waals surface area contributed by atoms with Gasteiger partial charge >= 0.3 is 0 Å². The van der Waals surface area contributed by atoms with Crippen LogP contribution in [0, 0.1) is 11.6 Å². The Labute approximate surface area is 144 Å². The summed E-state index contributed by atoms with van der Waals surface area (Å²) in [5, 5.41) is 0. The van der Waals surface area contributed by atoms with Gasteiger partial charge in [-0.05, 0) is 75.2 Å². The van der Waals surface area contributed by atoms with Gasteiger partial charge in [0, 0.05) is 6.42 Å². The Kier molecular flexibility index (Phi) is 6.20. The monoisotopic (exact) mass is 434 g/mol. The van der Waals surface area contributed by atoms with E-state index in [1.54, 1.807) is 12.1 Å². The Morgan fingerprint density at radius 3 is 2.05 bits per heavy atom. The molecule has 0 radical (unpaired) electrons. The van der Waals surface area contributed by atoms with Crippen molar-refractivity contribution in [3.8, 4) is 11.5 Å². The van der Waals surface area contributed by atoms with Crippen molar-refractivity contribution >= 4 is 31.9 Å². The van der Waals surface area contributed by atoms with Gasteiger partial charge in [0.15, 0.2) is 0 Å². The van der Waals surface area contributed by atoms with Gasteiger partial charge in [-0.1, -0.05) is 0 Å². The first kappa shape index (κ1) is 17.2. The van der Waals surface area contributed by atoms with Gasteiger partial charge in [-0.2, -0.15) is 0 Å². The first-order valence-corrected chi connectivity index (χ1v) is 8.24. The molecule has 0 bridgehead atoms. The highest BCUT2D eigenvalue weighted by Crippen LogP contribution is 2.28. The fourth-order valence-corrected chi connectivity index (χ4v) is 2.68. The van der Waals surface area contributed by atoms with Crippen LogP contribution < -0.4 is 9.47 Å². The van der Waals surface area contributed by atoms with Gasteiger partial charge < -0.3 is 9.47 Å². The Hall–Kier alpha value is -1.14. The third-order valence-electron chi connectivity index (χ3n) is 2.90. The zero-order valence-corrected chi connectivity index (χ0v) is 15.0. The molecule has 0 spiro atoms. The first-order chi connectivity index (χ1) is 10.5. The van der Waals surface area contributed by atoms with E-state index in [-0.39, 0.29) is 17.7 Å². The Morgan fingerprint density at radius 1 is 0.955 bits per heavy atom. The second-order valence-corrected chi connectivity index (χ2v) is 6.42. The van der Waals surface area contributed by atoms with Crippen LogP contribution in [0.1, 0.15) is 13.3 Å². The molecule has 0 heterocycles. The summed E-state index contributed by atoms with van der Waals surface area (Å²) in [6.07, 6.45) is 0.522. The zero-order valence-electron chi connectivity index (χ0n) is 11.8. The molecule has 2 nitrogen and oxygen atoms in total. The number of halogens is 4. The second-order valence-electron chi connectivity index (χ2n) is 4.72. The maximum Gasteiger partial charge on any atom is 0.134 e. The highest BCUT2D eigenvalue weighted by molar-refractivity contribution is 9.10. The Balaban J connectivity index is 1.83. The van der Waals surface area contributed by atoms with Crippen LogP contribution in [0.3, 0.4) is 0 Å². The third-order valence-corrected chi connectivity index (χ3v) is 4.14. The number of hydrogen-bond acceptors (Lipinski definition) is 2. The quantitative estimate of drug-likeness (QED) is 0.577. The molecule has 2 aromatic carbocycles. The fourth-order valence-electron chi connectivity index (χ4n) is 1.77. The van der Waals surface area contributed by atoms with Crippen LogP contribution in [0.5, 0.6) is 11.5 Å². The van der Waals surface area contributed by atoms with Crippen molar-refractivity contribution in [1.29, 1.82) is 0 Å². The van der Waals surface area contributed by atoms with Crippen LogP contribution >= 0.6 is 31.9 Å². The molecule has 1 unspecified atom stereocenters. The van der Waals surface area contributed by atoms with E-state index in [0.29, 0.717) is 33.5 Å². The highest BCUT2D eigenvalue weighted by atomic mass is 79.9. The summed E-state index contributed by atoms with van der Waals surface area (Å²) in [6, 6.07) is 8.54. The molecule has 0 aromatic heterocycles. The number of benzene rings is 2. The maximum atomic E-state index is 13.0. The summed E-state index contributed by atoms with van der Waals surface area (Å²) in [7, 11) is 0. The standard InChI is InChI=1S/C16H14Br2F2O2/c1-10(22-16-5-3-12(20)9-14(16)18)6-7-21-15-4-2-11(19)8-13(15)17/h2-5,8-10H,6-7H2,1H3. The van der Waals surface area contributed by atoms with Crippen LogP contribution in [-0.2, 0) is 0 Å².